The summed E-state index contributed by atoms with van der Waals surface area (Å²) in [5.41, 5.74) is 0. The van der Waals surface area contributed by atoms with E-state index in [0.29, 0.717) is 12.8 Å². The van der Waals surface area contributed by atoms with Gasteiger partial charge < -0.3 is 65.1 Å². The Bertz CT molecular complexity index is 1170. The van der Waals surface area contributed by atoms with Crippen LogP contribution in [-0.4, -0.2) is 140 Å². The van der Waals surface area contributed by atoms with Gasteiger partial charge in [-0.25, -0.2) is 0 Å². The molecule has 2 heterocycles. The molecule has 2 aliphatic heterocycles. The van der Waals surface area contributed by atoms with E-state index in [1.165, 1.54) is 173 Å². The number of unbranched alkanes of at least 4 members (excludes halogenated alkanes) is 33. The van der Waals surface area contributed by atoms with Gasteiger partial charge in [-0.1, -0.05) is 232 Å². The predicted octanol–water partition coefficient (Wildman–Crippen LogP) is 8.95. The molecule has 9 N–H and O–H groups in total. The Morgan fingerprint density at radius 1 is 0.464 bits per heavy atom. The Balaban J connectivity index is 1.77. The van der Waals surface area contributed by atoms with Gasteiger partial charge in [0.2, 0.25) is 5.91 Å². The summed E-state index contributed by atoms with van der Waals surface area (Å²) in [5.74, 6) is -0.201. The van der Waals surface area contributed by atoms with E-state index < -0.39 is 86.8 Å². The summed E-state index contributed by atoms with van der Waals surface area (Å²) in [7, 11) is 0. The van der Waals surface area contributed by atoms with E-state index in [9.17, 15) is 45.6 Å². The van der Waals surface area contributed by atoms with Crippen LogP contribution < -0.4 is 5.32 Å². The second kappa shape index (κ2) is 42.4. The second-order valence-corrected chi connectivity index (χ2v) is 20.8. The van der Waals surface area contributed by atoms with Gasteiger partial charge in [-0.3, -0.25) is 4.79 Å². The highest BCUT2D eigenvalue weighted by Crippen LogP contribution is 2.30. The topological polar surface area (TPSA) is 228 Å². The molecule has 0 radical (unpaired) electrons. The zero-order valence-corrected chi connectivity index (χ0v) is 43.8. The number of aliphatic hydroxyl groups is 8. The molecule has 0 aromatic heterocycles. The smallest absolute Gasteiger partial charge is 0.220 e. The number of carbonyl (C=O) groups is 1. The molecule has 0 aromatic rings. The molecule has 410 valence electrons. The molecule has 2 saturated heterocycles. The Kier molecular flexibility index (Phi) is 39.4. The minimum Gasteiger partial charge on any atom is -0.394 e. The SMILES string of the molecule is CCCCCCCCCCCCCCCCCCCCCC(=O)NC(COC1OC(CO)C(OC2OC(CO)C(O)C(O)C2O)C(O)C1O)C(O)CCCCCCCCCCCCCCCCCC. The van der Waals surface area contributed by atoms with Crippen molar-refractivity contribution < 1.29 is 64.6 Å². The molecule has 2 aliphatic rings. The lowest BCUT2D eigenvalue weighted by Crippen LogP contribution is -2.65. The van der Waals surface area contributed by atoms with Gasteiger partial charge in [-0.2, -0.15) is 0 Å². The molecular weight excluding hydrogens is 883 g/mol. The van der Waals surface area contributed by atoms with Gasteiger partial charge in [0.15, 0.2) is 12.6 Å². The van der Waals surface area contributed by atoms with E-state index in [4.69, 9.17) is 18.9 Å². The van der Waals surface area contributed by atoms with Crippen molar-refractivity contribution in [3.8, 4) is 0 Å². The van der Waals surface area contributed by atoms with Crippen LogP contribution in [-0.2, 0) is 23.7 Å². The van der Waals surface area contributed by atoms with E-state index in [2.05, 4.69) is 19.2 Å². The summed E-state index contributed by atoms with van der Waals surface area (Å²) in [6, 6.07) is -0.822. The minimum absolute atomic E-state index is 0.201. The number of carbonyl (C=O) groups excluding carboxylic acids is 1. The summed E-state index contributed by atoms with van der Waals surface area (Å²) >= 11 is 0. The Morgan fingerprint density at radius 3 is 1.23 bits per heavy atom. The third kappa shape index (κ3) is 28.9. The minimum atomic E-state index is -1.78. The molecular formula is C55H107NO13. The van der Waals surface area contributed by atoms with Crippen molar-refractivity contribution in [2.24, 2.45) is 0 Å². The molecule has 2 rings (SSSR count). The average molecular weight is 990 g/mol. The van der Waals surface area contributed by atoms with Gasteiger partial charge in [0, 0.05) is 6.42 Å². The normalized spacial score (nSPS) is 26.1. The van der Waals surface area contributed by atoms with E-state index >= 15 is 0 Å². The van der Waals surface area contributed by atoms with Crippen molar-refractivity contribution >= 4 is 5.91 Å². The summed E-state index contributed by atoms with van der Waals surface area (Å²) in [5, 5.41) is 87.1. The van der Waals surface area contributed by atoms with E-state index in [0.717, 1.165) is 51.4 Å². The maximum atomic E-state index is 13.2. The van der Waals surface area contributed by atoms with Crippen LogP contribution in [0.5, 0.6) is 0 Å². The highest BCUT2D eigenvalue weighted by molar-refractivity contribution is 5.76. The number of aliphatic hydroxyl groups excluding tert-OH is 8. The molecule has 0 saturated carbocycles. The van der Waals surface area contributed by atoms with Crippen molar-refractivity contribution in [3.63, 3.8) is 0 Å². The molecule has 0 spiro atoms. The van der Waals surface area contributed by atoms with Gasteiger partial charge in [0.25, 0.3) is 0 Å². The number of ether oxygens (including phenoxy) is 4. The third-order valence-electron chi connectivity index (χ3n) is 14.6. The summed E-state index contributed by atoms with van der Waals surface area (Å²) in [6.07, 6.45) is 28.1. The first kappa shape index (κ1) is 64.1. The van der Waals surface area contributed by atoms with Crippen LogP contribution in [0, 0.1) is 0 Å². The molecule has 12 unspecified atom stereocenters. The third-order valence-corrected chi connectivity index (χ3v) is 14.6. The van der Waals surface area contributed by atoms with Crippen LogP contribution in [0.2, 0.25) is 0 Å². The lowest BCUT2D eigenvalue weighted by atomic mass is 9.97. The summed E-state index contributed by atoms with van der Waals surface area (Å²) in [4.78, 5) is 13.2. The van der Waals surface area contributed by atoms with Gasteiger partial charge in [-0.15, -0.1) is 0 Å². The van der Waals surface area contributed by atoms with E-state index in [1.54, 1.807) is 0 Å². The molecule has 14 nitrogen and oxygen atoms in total. The maximum Gasteiger partial charge on any atom is 0.220 e. The van der Waals surface area contributed by atoms with E-state index in [-0.39, 0.29) is 12.5 Å². The van der Waals surface area contributed by atoms with E-state index in [1.807, 2.05) is 0 Å². The zero-order chi connectivity index (χ0) is 50.3. The molecule has 1 amide bonds. The average Bonchev–Trinajstić information content (AvgIpc) is 3.35. The number of hydrogen-bond acceptors (Lipinski definition) is 13. The van der Waals surface area contributed by atoms with Gasteiger partial charge >= 0.3 is 0 Å². The van der Waals surface area contributed by atoms with Crippen molar-refractivity contribution in [1.29, 1.82) is 0 Å². The zero-order valence-electron chi connectivity index (χ0n) is 43.8. The molecule has 2 fully saturated rings. The predicted molar refractivity (Wildman–Crippen MR) is 272 cm³/mol. The van der Waals surface area contributed by atoms with Gasteiger partial charge in [-0.05, 0) is 12.8 Å². The van der Waals surface area contributed by atoms with Crippen LogP contribution >= 0.6 is 0 Å². The Hall–Kier alpha value is -1.01. The first-order valence-corrected chi connectivity index (χ1v) is 28.8. The first-order valence-electron chi connectivity index (χ1n) is 28.8. The van der Waals surface area contributed by atoms with Crippen molar-refractivity contribution in [1.82, 2.24) is 5.32 Å². The van der Waals surface area contributed by atoms with Crippen LogP contribution in [0.4, 0.5) is 0 Å². The highest BCUT2D eigenvalue weighted by atomic mass is 16.7. The fraction of sp³-hybridized carbons (Fsp3) is 0.982. The summed E-state index contributed by atoms with van der Waals surface area (Å²) < 4.78 is 22.8. The summed E-state index contributed by atoms with van der Waals surface area (Å²) in [6.45, 7) is 2.89. The number of rotatable bonds is 46. The van der Waals surface area contributed by atoms with Crippen LogP contribution in [0.3, 0.4) is 0 Å². The lowest BCUT2D eigenvalue weighted by Gasteiger charge is -2.46. The Morgan fingerprint density at radius 2 is 0.826 bits per heavy atom. The molecule has 0 aromatic carbocycles. The second-order valence-electron chi connectivity index (χ2n) is 20.8. The molecule has 0 aliphatic carbocycles. The lowest BCUT2D eigenvalue weighted by molar-refractivity contribution is -0.359. The molecule has 14 heteroatoms. The quantitative estimate of drug-likeness (QED) is 0.0260. The number of nitrogens with one attached hydrogen (secondary N) is 1. The number of amides is 1. The molecule has 12 atom stereocenters. The van der Waals surface area contributed by atoms with Crippen molar-refractivity contribution in [2.75, 3.05) is 19.8 Å². The van der Waals surface area contributed by atoms with Gasteiger partial charge in [0.05, 0.1) is 32.0 Å². The van der Waals surface area contributed by atoms with Crippen molar-refractivity contribution in [3.05, 3.63) is 0 Å². The molecule has 0 bridgehead atoms. The largest absolute Gasteiger partial charge is 0.394 e. The molecule has 69 heavy (non-hydrogen) atoms. The standard InChI is InChI=1S/C55H107NO13/c1-3-5-7-9-11-13-15-17-19-21-22-23-25-27-29-31-33-35-37-39-47(60)56-43(44(59)38-36-34-32-30-28-26-24-20-18-16-14-12-10-8-6-4-2)42-66-54-52(65)50(63)53(46(41-58)68-54)69-55-51(64)49(62)48(61)45(40-57)67-55/h43-46,48-55,57-59,61-65H,3-42H2,1-2H3,(H,56,60). The van der Waals surface area contributed by atoms with Crippen LogP contribution in [0.1, 0.15) is 251 Å². The maximum absolute atomic E-state index is 13.2. The van der Waals surface area contributed by atoms with Crippen LogP contribution in [0.15, 0.2) is 0 Å². The van der Waals surface area contributed by atoms with Gasteiger partial charge in [0.1, 0.15) is 48.8 Å². The first-order chi connectivity index (χ1) is 33.6. The van der Waals surface area contributed by atoms with Crippen molar-refractivity contribution in [2.45, 2.75) is 325 Å². The monoisotopic (exact) mass is 990 g/mol. The Labute approximate surface area is 419 Å². The fourth-order valence-electron chi connectivity index (χ4n) is 9.89. The van der Waals surface area contributed by atoms with Crippen LogP contribution in [0.25, 0.3) is 0 Å². The fourth-order valence-corrected chi connectivity index (χ4v) is 9.89. The number of hydrogen-bond donors (Lipinski definition) is 9. The highest BCUT2D eigenvalue weighted by Gasteiger charge is 2.51.